The van der Waals surface area contributed by atoms with Gasteiger partial charge in [-0.25, -0.2) is 0 Å². The smallest absolute Gasteiger partial charge is 0.287 e. The molecule has 1 atom stereocenters. The molecule has 0 fully saturated rings. The third-order valence-electron chi connectivity index (χ3n) is 6.46. The number of ether oxygens (including phenoxy) is 2. The van der Waals surface area contributed by atoms with E-state index in [4.69, 9.17) is 25.5 Å². The first-order valence-electron chi connectivity index (χ1n) is 11.2. The third kappa shape index (κ3) is 4.04. The summed E-state index contributed by atoms with van der Waals surface area (Å²) >= 11 is 6.03. The van der Waals surface area contributed by atoms with Gasteiger partial charge in [0.15, 0.2) is 11.5 Å². The van der Waals surface area contributed by atoms with Gasteiger partial charge in [0.25, 0.3) is 5.91 Å². The van der Waals surface area contributed by atoms with Crippen molar-refractivity contribution in [2.24, 2.45) is 0 Å². The number of amides is 1. The largest absolute Gasteiger partial charge is 0.496 e. The minimum atomic E-state index is -0.824. The Labute approximate surface area is 207 Å². The van der Waals surface area contributed by atoms with E-state index in [1.807, 2.05) is 43.3 Å². The van der Waals surface area contributed by atoms with E-state index in [1.54, 1.807) is 38.3 Å². The fourth-order valence-corrected chi connectivity index (χ4v) is 4.77. The number of rotatable bonds is 5. The van der Waals surface area contributed by atoms with Crippen molar-refractivity contribution in [1.82, 2.24) is 5.32 Å². The van der Waals surface area contributed by atoms with E-state index in [1.165, 1.54) is 0 Å². The quantitative estimate of drug-likeness (QED) is 0.360. The number of hydrogen-bond donors (Lipinski definition) is 1. The van der Waals surface area contributed by atoms with Crippen LogP contribution in [0.25, 0.3) is 11.0 Å². The second kappa shape index (κ2) is 8.78. The van der Waals surface area contributed by atoms with Crippen LogP contribution in [0.3, 0.4) is 0 Å². The van der Waals surface area contributed by atoms with Gasteiger partial charge in [-0.3, -0.25) is 9.59 Å². The van der Waals surface area contributed by atoms with Gasteiger partial charge in [0.05, 0.1) is 19.1 Å². The number of aryl methyl sites for hydroxylation is 1. The predicted octanol–water partition coefficient (Wildman–Crippen LogP) is 6.21. The molecule has 0 aliphatic carbocycles. The van der Waals surface area contributed by atoms with Crippen LogP contribution in [0.1, 0.15) is 50.9 Å². The van der Waals surface area contributed by atoms with Crippen molar-refractivity contribution in [2.45, 2.75) is 32.4 Å². The number of carbonyl (C=O) groups is 2. The highest BCUT2D eigenvalue weighted by Gasteiger charge is 2.40. The third-order valence-corrected chi connectivity index (χ3v) is 6.71. The molecule has 1 N–H and O–H groups in total. The number of carbonyl (C=O) groups excluding carboxylic acids is 2. The molecule has 1 aromatic heterocycles. The molecule has 2 heterocycles. The zero-order chi connectivity index (χ0) is 24.7. The fraction of sp³-hybridized carbons (Fsp3) is 0.214. The van der Waals surface area contributed by atoms with Crippen molar-refractivity contribution in [3.8, 4) is 11.5 Å². The van der Waals surface area contributed by atoms with Crippen LogP contribution in [-0.4, -0.2) is 18.8 Å². The molecule has 0 saturated carbocycles. The lowest BCUT2D eigenvalue weighted by atomic mass is 9.84. The number of Topliss-reactive ketones (excluding diaryl/α,β-unsaturated/α-hetero) is 1. The maximum Gasteiger partial charge on any atom is 0.287 e. The van der Waals surface area contributed by atoms with Crippen molar-refractivity contribution in [3.05, 3.63) is 93.7 Å². The van der Waals surface area contributed by atoms with Gasteiger partial charge in [0, 0.05) is 28.1 Å². The number of ketones is 1. The van der Waals surface area contributed by atoms with Crippen LogP contribution in [0.4, 0.5) is 0 Å². The predicted molar refractivity (Wildman–Crippen MR) is 133 cm³/mol. The topological polar surface area (TPSA) is 77.8 Å². The molecular weight excluding hydrogens is 466 g/mol. The molecule has 0 saturated heterocycles. The molecule has 35 heavy (non-hydrogen) atoms. The molecule has 6 nitrogen and oxygen atoms in total. The number of nitrogens with one attached hydrogen (secondary N) is 1. The summed E-state index contributed by atoms with van der Waals surface area (Å²) in [5.74, 6) is 0.889. The summed E-state index contributed by atoms with van der Waals surface area (Å²) in [6.45, 7) is 3.95. The number of benzene rings is 3. The van der Waals surface area contributed by atoms with Gasteiger partial charge in [-0.05, 0) is 49.7 Å². The number of hydrogen-bond acceptors (Lipinski definition) is 5. The Kier molecular flexibility index (Phi) is 5.77. The average molecular weight is 490 g/mol. The van der Waals surface area contributed by atoms with Gasteiger partial charge >= 0.3 is 0 Å². The summed E-state index contributed by atoms with van der Waals surface area (Å²) in [6.07, 6.45) is 0.153. The standard InChI is InChI=1S/C28H24ClNO5/c1-16-24-22(34-26(16)27(32)30-15-17-6-4-5-7-21(17)33-3)12-13-23-25(24)20(31)14-28(2,35-23)18-8-10-19(29)11-9-18/h4-13H,14-15H2,1-3H3,(H,30,32). The normalized spacial score (nSPS) is 17.1. The Bertz CT molecular complexity index is 1460. The van der Waals surface area contributed by atoms with Crippen molar-refractivity contribution in [2.75, 3.05) is 7.11 Å². The van der Waals surface area contributed by atoms with E-state index >= 15 is 0 Å². The zero-order valence-electron chi connectivity index (χ0n) is 19.6. The van der Waals surface area contributed by atoms with Crippen LogP contribution >= 0.6 is 11.6 Å². The lowest BCUT2D eigenvalue weighted by Gasteiger charge is -2.35. The summed E-state index contributed by atoms with van der Waals surface area (Å²) in [7, 11) is 1.59. The fourth-order valence-electron chi connectivity index (χ4n) is 4.64. The maximum atomic E-state index is 13.4. The minimum absolute atomic E-state index is 0.0702. The number of halogens is 1. The van der Waals surface area contributed by atoms with Gasteiger partial charge in [-0.2, -0.15) is 0 Å². The van der Waals surface area contributed by atoms with Crippen LogP contribution in [-0.2, 0) is 12.1 Å². The Hall–Kier alpha value is -3.77. The Balaban J connectivity index is 1.47. The van der Waals surface area contributed by atoms with Gasteiger partial charge in [-0.15, -0.1) is 0 Å². The Morgan fingerprint density at radius 3 is 2.60 bits per heavy atom. The van der Waals surface area contributed by atoms with Crippen molar-refractivity contribution in [1.29, 1.82) is 0 Å². The van der Waals surface area contributed by atoms with Crippen LogP contribution in [0.5, 0.6) is 11.5 Å². The van der Waals surface area contributed by atoms with Crippen molar-refractivity contribution >= 4 is 34.3 Å². The molecule has 0 spiro atoms. The van der Waals surface area contributed by atoms with Gasteiger partial charge in [0.1, 0.15) is 22.7 Å². The molecule has 3 aromatic carbocycles. The van der Waals surface area contributed by atoms with E-state index in [9.17, 15) is 9.59 Å². The minimum Gasteiger partial charge on any atom is -0.496 e. The van der Waals surface area contributed by atoms with E-state index in [0.717, 1.165) is 11.1 Å². The van der Waals surface area contributed by atoms with Gasteiger partial charge < -0.3 is 19.2 Å². The zero-order valence-corrected chi connectivity index (χ0v) is 20.4. The van der Waals surface area contributed by atoms with Crippen LogP contribution < -0.4 is 14.8 Å². The lowest BCUT2D eigenvalue weighted by Crippen LogP contribution is -2.36. The van der Waals surface area contributed by atoms with Crippen LogP contribution in [0.15, 0.2) is 65.1 Å². The monoisotopic (exact) mass is 489 g/mol. The summed E-state index contributed by atoms with van der Waals surface area (Å²) in [6, 6.07) is 18.2. The first-order chi connectivity index (χ1) is 16.8. The number of methoxy groups -OCH3 is 1. The summed E-state index contributed by atoms with van der Waals surface area (Å²) in [5.41, 5.74) is 2.39. The molecule has 1 unspecified atom stereocenters. The number of fused-ring (bicyclic) bond motifs is 3. The molecule has 4 aromatic rings. The van der Waals surface area contributed by atoms with E-state index in [0.29, 0.717) is 38.6 Å². The van der Waals surface area contributed by atoms with E-state index < -0.39 is 5.60 Å². The first kappa shape index (κ1) is 23.0. The summed E-state index contributed by atoms with van der Waals surface area (Å²) < 4.78 is 17.6. The molecular formula is C28H24ClNO5. The molecule has 1 amide bonds. The van der Waals surface area contributed by atoms with Crippen LogP contribution in [0, 0.1) is 6.92 Å². The molecule has 178 valence electrons. The summed E-state index contributed by atoms with van der Waals surface area (Å²) in [5, 5.41) is 4.10. The van der Waals surface area contributed by atoms with Crippen LogP contribution in [0.2, 0.25) is 5.02 Å². The highest BCUT2D eigenvalue weighted by atomic mass is 35.5. The maximum absolute atomic E-state index is 13.4. The molecule has 1 aliphatic heterocycles. The molecule has 0 bridgehead atoms. The highest BCUT2D eigenvalue weighted by molar-refractivity contribution is 6.30. The molecule has 7 heteroatoms. The molecule has 5 rings (SSSR count). The van der Waals surface area contributed by atoms with Gasteiger partial charge in [-0.1, -0.05) is 41.9 Å². The second-order valence-corrected chi connectivity index (χ2v) is 9.24. The van der Waals surface area contributed by atoms with E-state index in [-0.39, 0.29) is 30.4 Å². The van der Waals surface area contributed by atoms with E-state index in [2.05, 4.69) is 5.32 Å². The number of para-hydroxylation sites is 1. The Morgan fingerprint density at radius 2 is 1.86 bits per heavy atom. The molecule has 1 aliphatic rings. The second-order valence-electron chi connectivity index (χ2n) is 8.80. The SMILES string of the molecule is COc1ccccc1CNC(=O)c1oc2ccc3c(c2c1C)C(=O)CC(C)(c1ccc(Cl)cc1)O3. The highest BCUT2D eigenvalue weighted by Crippen LogP contribution is 2.44. The lowest BCUT2D eigenvalue weighted by molar-refractivity contribution is 0.0507. The average Bonchev–Trinajstić information content (AvgIpc) is 3.19. The van der Waals surface area contributed by atoms with Crippen molar-refractivity contribution in [3.63, 3.8) is 0 Å². The van der Waals surface area contributed by atoms with Gasteiger partial charge in [0.2, 0.25) is 0 Å². The van der Waals surface area contributed by atoms with Crippen molar-refractivity contribution < 1.29 is 23.5 Å². The first-order valence-corrected chi connectivity index (χ1v) is 11.6. The summed E-state index contributed by atoms with van der Waals surface area (Å²) in [4.78, 5) is 26.4. The Morgan fingerprint density at radius 1 is 1.11 bits per heavy atom. The number of furan rings is 1. The molecule has 0 radical (unpaired) electrons.